The van der Waals surface area contributed by atoms with E-state index in [2.05, 4.69) is 43.8 Å². The number of piperidine rings is 1. The molecule has 0 unspecified atom stereocenters. The van der Waals surface area contributed by atoms with Crippen LogP contribution in [0.1, 0.15) is 59.4 Å². The Morgan fingerprint density at radius 1 is 1.23 bits per heavy atom. The van der Waals surface area contributed by atoms with Gasteiger partial charge in [-0.3, -0.25) is 4.79 Å². The second-order valence-electron chi connectivity index (χ2n) is 10.3. The number of Topliss-reactive ketones (excluding diaryl/α,β-unsaturated/α-hetero) is 1. The van der Waals surface area contributed by atoms with Gasteiger partial charge >= 0.3 is 0 Å². The van der Waals surface area contributed by atoms with E-state index in [1.807, 2.05) is 31.3 Å². The van der Waals surface area contributed by atoms with Gasteiger partial charge in [0.1, 0.15) is 23.4 Å². The van der Waals surface area contributed by atoms with Crippen LogP contribution in [0.15, 0.2) is 36.8 Å². The lowest BCUT2D eigenvalue weighted by Crippen LogP contribution is -2.43. The zero-order valence-corrected chi connectivity index (χ0v) is 21.4. The highest BCUT2D eigenvalue weighted by molar-refractivity contribution is 5.86. The number of ether oxygens (including phenoxy) is 1. The molecule has 1 aliphatic rings. The van der Waals surface area contributed by atoms with Crippen molar-refractivity contribution in [3.8, 4) is 22.9 Å². The van der Waals surface area contributed by atoms with E-state index in [0.717, 1.165) is 48.4 Å². The average molecular weight is 474 g/mol. The number of aromatic nitrogens is 3. The molecule has 184 valence electrons. The first-order valence-electron chi connectivity index (χ1n) is 12.5. The monoisotopic (exact) mass is 473 g/mol. The van der Waals surface area contributed by atoms with Crippen LogP contribution in [0.4, 0.5) is 5.82 Å². The summed E-state index contributed by atoms with van der Waals surface area (Å²) < 4.78 is 7.40. The number of carbonyl (C=O) groups excluding carboxylic acids is 1. The molecule has 4 rings (SSSR count). The molecule has 0 spiro atoms. The van der Waals surface area contributed by atoms with Crippen LogP contribution in [0.25, 0.3) is 16.6 Å². The molecular weight excluding hydrogens is 438 g/mol. The minimum Gasteiger partial charge on any atom is -0.492 e. The Morgan fingerprint density at radius 3 is 2.57 bits per heavy atom. The van der Waals surface area contributed by atoms with Crippen molar-refractivity contribution in [1.29, 1.82) is 5.26 Å². The molecule has 3 aromatic heterocycles. The first-order chi connectivity index (χ1) is 16.8. The number of rotatable bonds is 8. The highest BCUT2D eigenvalue weighted by atomic mass is 16.5. The fraction of sp³-hybridized carbons (Fsp3) is 0.500. The summed E-state index contributed by atoms with van der Waals surface area (Å²) >= 11 is 0. The number of nitrogens with zero attached hydrogens (tertiary/aromatic N) is 5. The van der Waals surface area contributed by atoms with Crippen molar-refractivity contribution >= 4 is 17.1 Å². The van der Waals surface area contributed by atoms with Crippen molar-refractivity contribution in [1.82, 2.24) is 14.6 Å². The lowest BCUT2D eigenvalue weighted by molar-refractivity contribution is -0.130. The molecule has 0 aromatic carbocycles. The van der Waals surface area contributed by atoms with Gasteiger partial charge in [-0.15, -0.1) is 0 Å². The van der Waals surface area contributed by atoms with E-state index in [1.165, 1.54) is 0 Å². The van der Waals surface area contributed by atoms with E-state index in [0.29, 0.717) is 42.0 Å². The van der Waals surface area contributed by atoms with Gasteiger partial charge in [-0.1, -0.05) is 27.7 Å². The number of nitriles is 1. The van der Waals surface area contributed by atoms with Crippen LogP contribution in [-0.2, 0) is 4.79 Å². The maximum Gasteiger partial charge on any atom is 0.139 e. The molecule has 0 saturated carbocycles. The van der Waals surface area contributed by atoms with Crippen LogP contribution in [0.3, 0.4) is 0 Å². The summed E-state index contributed by atoms with van der Waals surface area (Å²) in [6.45, 7) is 12.8. The molecule has 0 amide bonds. The molecule has 35 heavy (non-hydrogen) atoms. The Balaban J connectivity index is 1.52. The van der Waals surface area contributed by atoms with Gasteiger partial charge in [-0.05, 0) is 49.8 Å². The Hall–Kier alpha value is -3.40. The van der Waals surface area contributed by atoms with Gasteiger partial charge in [-0.25, -0.2) is 9.50 Å². The molecule has 3 aromatic rings. The van der Waals surface area contributed by atoms with Crippen LogP contribution in [-0.4, -0.2) is 40.1 Å². The molecule has 7 nitrogen and oxygen atoms in total. The highest BCUT2D eigenvalue weighted by Gasteiger charge is 2.37. The summed E-state index contributed by atoms with van der Waals surface area (Å²) in [4.78, 5) is 20.0. The molecule has 1 saturated heterocycles. The SMILES string of the molecule is CCOc1cc(-c2ccc(N3CCC(C)(C(=O)C[C@H](C)C(C)C)CC3)nc2)c2c(C#N)cnn2c1. The number of pyridine rings is 2. The quantitative estimate of drug-likeness (QED) is 0.428. The first kappa shape index (κ1) is 24.7. The Bertz CT molecular complexity index is 1230. The molecule has 4 heterocycles. The number of ketones is 1. The van der Waals surface area contributed by atoms with Crippen molar-refractivity contribution in [3.63, 3.8) is 0 Å². The average Bonchev–Trinajstić information content (AvgIpc) is 3.27. The second kappa shape index (κ2) is 10.1. The molecule has 7 heteroatoms. The standard InChI is InChI=1S/C28H35N5O2/c1-6-35-23-14-24(27-22(15-29)17-31-33(27)18-23)21-7-8-26(30-16-21)32-11-9-28(5,10-12-32)25(34)13-20(4)19(2)3/h7-8,14,16-20H,6,9-13H2,1-5H3/t20-/m0/s1. The predicted molar refractivity (Wildman–Crippen MR) is 137 cm³/mol. The largest absolute Gasteiger partial charge is 0.492 e. The molecule has 1 fully saturated rings. The van der Waals surface area contributed by atoms with E-state index in [4.69, 9.17) is 9.72 Å². The van der Waals surface area contributed by atoms with Crippen molar-refractivity contribution in [2.24, 2.45) is 17.3 Å². The summed E-state index contributed by atoms with van der Waals surface area (Å²) in [5.74, 6) is 2.93. The molecule has 0 bridgehead atoms. The van der Waals surface area contributed by atoms with E-state index >= 15 is 0 Å². The smallest absolute Gasteiger partial charge is 0.139 e. The molecule has 1 aliphatic heterocycles. The Kier molecular flexibility index (Phi) is 7.11. The lowest BCUT2D eigenvalue weighted by atomic mass is 9.73. The minimum atomic E-state index is -0.249. The summed E-state index contributed by atoms with van der Waals surface area (Å²) in [6.07, 6.45) is 7.56. The maximum absolute atomic E-state index is 13.0. The minimum absolute atomic E-state index is 0.249. The van der Waals surface area contributed by atoms with Gasteiger partial charge < -0.3 is 9.64 Å². The third kappa shape index (κ3) is 5.02. The normalized spacial score (nSPS) is 16.3. The van der Waals surface area contributed by atoms with Gasteiger partial charge in [0, 0.05) is 42.2 Å². The predicted octanol–water partition coefficient (Wildman–Crippen LogP) is 5.52. The van der Waals surface area contributed by atoms with Gasteiger partial charge in [-0.2, -0.15) is 10.4 Å². The third-order valence-electron chi connectivity index (χ3n) is 7.59. The molecule has 0 aliphatic carbocycles. The van der Waals surface area contributed by atoms with Crippen LogP contribution >= 0.6 is 0 Å². The van der Waals surface area contributed by atoms with Crippen LogP contribution < -0.4 is 9.64 Å². The lowest BCUT2D eigenvalue weighted by Gasteiger charge is -2.39. The van der Waals surface area contributed by atoms with Crippen molar-refractivity contribution in [2.45, 2.75) is 53.9 Å². The number of fused-ring (bicyclic) bond motifs is 1. The molecule has 0 N–H and O–H groups in total. The Labute approximate surface area is 207 Å². The van der Waals surface area contributed by atoms with Gasteiger partial charge in [0.15, 0.2) is 0 Å². The molecule has 1 atom stereocenters. The van der Waals surface area contributed by atoms with E-state index in [-0.39, 0.29) is 5.41 Å². The second-order valence-corrected chi connectivity index (χ2v) is 10.3. The summed E-state index contributed by atoms with van der Waals surface area (Å²) in [6, 6.07) is 8.22. The Morgan fingerprint density at radius 2 is 1.97 bits per heavy atom. The first-order valence-corrected chi connectivity index (χ1v) is 12.5. The number of anilines is 1. The van der Waals surface area contributed by atoms with Crippen molar-refractivity contribution in [3.05, 3.63) is 42.4 Å². The zero-order valence-electron chi connectivity index (χ0n) is 21.4. The fourth-order valence-corrected chi connectivity index (χ4v) is 4.66. The van der Waals surface area contributed by atoms with E-state index in [9.17, 15) is 10.1 Å². The summed E-state index contributed by atoms with van der Waals surface area (Å²) in [7, 11) is 0. The van der Waals surface area contributed by atoms with Crippen LogP contribution in [0, 0.1) is 28.6 Å². The highest BCUT2D eigenvalue weighted by Crippen LogP contribution is 2.37. The number of hydrogen-bond acceptors (Lipinski definition) is 6. The van der Waals surface area contributed by atoms with Gasteiger partial charge in [0.2, 0.25) is 0 Å². The van der Waals surface area contributed by atoms with Gasteiger partial charge in [0.25, 0.3) is 0 Å². The topological polar surface area (TPSA) is 83.5 Å². The molecule has 0 radical (unpaired) electrons. The summed E-state index contributed by atoms with van der Waals surface area (Å²) in [5, 5.41) is 13.9. The van der Waals surface area contributed by atoms with Crippen LogP contribution in [0.2, 0.25) is 0 Å². The van der Waals surface area contributed by atoms with E-state index < -0.39 is 0 Å². The van der Waals surface area contributed by atoms with Crippen LogP contribution in [0.5, 0.6) is 5.75 Å². The zero-order chi connectivity index (χ0) is 25.2. The number of carbonyl (C=O) groups is 1. The summed E-state index contributed by atoms with van der Waals surface area (Å²) in [5.41, 5.74) is 2.77. The third-order valence-corrected chi connectivity index (χ3v) is 7.59. The maximum atomic E-state index is 13.0. The van der Waals surface area contributed by atoms with E-state index in [1.54, 1.807) is 16.9 Å². The van der Waals surface area contributed by atoms with Crippen molar-refractivity contribution in [2.75, 3.05) is 24.6 Å². The van der Waals surface area contributed by atoms with Crippen molar-refractivity contribution < 1.29 is 9.53 Å². The van der Waals surface area contributed by atoms with Gasteiger partial charge in [0.05, 0.1) is 30.1 Å². The number of hydrogen-bond donors (Lipinski definition) is 0. The fourth-order valence-electron chi connectivity index (χ4n) is 4.66. The molecular formula is C28H35N5O2.